The van der Waals surface area contributed by atoms with E-state index in [4.69, 9.17) is 4.42 Å². The highest BCUT2D eigenvalue weighted by Gasteiger charge is 2.20. The first-order valence-corrected chi connectivity index (χ1v) is 9.41. The summed E-state index contributed by atoms with van der Waals surface area (Å²) in [7, 11) is 0. The Bertz CT molecular complexity index is 1150. The Balaban J connectivity index is 1.51. The molecule has 2 aromatic heterocycles. The van der Waals surface area contributed by atoms with Gasteiger partial charge < -0.3 is 9.73 Å². The van der Waals surface area contributed by atoms with Gasteiger partial charge >= 0.3 is 0 Å². The number of nitrogens with one attached hydrogen (secondary N) is 1. The average molecular weight is 393 g/mol. The number of Topliss-reactive ketones (excluding diaryl/α,β-unsaturated/α-hetero) is 1. The maximum Gasteiger partial charge on any atom is 0.234 e. The van der Waals surface area contributed by atoms with E-state index in [9.17, 15) is 9.59 Å². The van der Waals surface area contributed by atoms with Crippen LogP contribution < -0.4 is 5.32 Å². The molecule has 1 amide bonds. The standard InChI is InChI=1S/C19H15N5O3S/c1-12(25)18-17(14-9-5-6-10-15(14)27-18)20-16(26)11-28-19-21-22-23-24(19)13-7-3-2-4-8-13/h2-10H,11H2,1H3,(H,20,26). The third kappa shape index (κ3) is 3.52. The van der Waals surface area contributed by atoms with Crippen LogP contribution in [0.25, 0.3) is 16.7 Å². The van der Waals surface area contributed by atoms with Gasteiger partial charge in [0.15, 0.2) is 11.5 Å². The van der Waals surface area contributed by atoms with Crippen LogP contribution in [-0.2, 0) is 4.79 Å². The zero-order valence-corrected chi connectivity index (χ0v) is 15.6. The molecule has 4 aromatic rings. The van der Waals surface area contributed by atoms with Gasteiger partial charge in [0.25, 0.3) is 0 Å². The highest BCUT2D eigenvalue weighted by Crippen LogP contribution is 2.31. The molecule has 0 spiro atoms. The lowest BCUT2D eigenvalue weighted by atomic mass is 10.2. The van der Waals surface area contributed by atoms with Crippen LogP contribution in [0.1, 0.15) is 17.5 Å². The molecule has 0 aliphatic carbocycles. The van der Waals surface area contributed by atoms with Gasteiger partial charge in [0.05, 0.1) is 17.1 Å². The molecule has 2 heterocycles. The molecule has 0 aliphatic rings. The van der Waals surface area contributed by atoms with Gasteiger partial charge in [-0.3, -0.25) is 9.59 Å². The highest BCUT2D eigenvalue weighted by molar-refractivity contribution is 7.99. The largest absolute Gasteiger partial charge is 0.451 e. The van der Waals surface area contributed by atoms with E-state index in [1.165, 1.54) is 18.7 Å². The van der Waals surface area contributed by atoms with E-state index >= 15 is 0 Å². The zero-order valence-electron chi connectivity index (χ0n) is 14.8. The minimum absolute atomic E-state index is 0.0735. The Labute approximate surface area is 163 Å². The fourth-order valence-electron chi connectivity index (χ4n) is 2.72. The van der Waals surface area contributed by atoms with Crippen molar-refractivity contribution in [2.45, 2.75) is 12.1 Å². The molecule has 8 nitrogen and oxygen atoms in total. The van der Waals surface area contributed by atoms with Gasteiger partial charge in [-0.15, -0.1) is 5.10 Å². The van der Waals surface area contributed by atoms with Gasteiger partial charge in [-0.05, 0) is 34.7 Å². The molecule has 0 fully saturated rings. The third-order valence-corrected chi connectivity index (χ3v) is 4.87. The van der Waals surface area contributed by atoms with Crippen molar-refractivity contribution < 1.29 is 14.0 Å². The summed E-state index contributed by atoms with van der Waals surface area (Å²) in [5.74, 6) is -0.341. The Morgan fingerprint density at radius 2 is 1.86 bits per heavy atom. The first-order valence-electron chi connectivity index (χ1n) is 8.42. The molecular weight excluding hydrogens is 378 g/mol. The van der Waals surface area contributed by atoms with E-state index < -0.39 is 0 Å². The van der Waals surface area contributed by atoms with E-state index in [2.05, 4.69) is 20.8 Å². The summed E-state index contributed by atoms with van der Waals surface area (Å²) >= 11 is 1.20. The van der Waals surface area contributed by atoms with Gasteiger partial charge in [0.2, 0.25) is 11.1 Å². The molecule has 9 heteroatoms. The number of para-hydroxylation sites is 2. The summed E-state index contributed by atoms with van der Waals surface area (Å²) in [6, 6.07) is 16.6. The van der Waals surface area contributed by atoms with E-state index in [1.807, 2.05) is 36.4 Å². The summed E-state index contributed by atoms with van der Waals surface area (Å²) < 4.78 is 7.14. The van der Waals surface area contributed by atoms with Crippen LogP contribution in [0.15, 0.2) is 64.2 Å². The molecule has 0 unspecified atom stereocenters. The van der Waals surface area contributed by atoms with Gasteiger partial charge in [0, 0.05) is 12.3 Å². The van der Waals surface area contributed by atoms with Crippen LogP contribution in [0, 0.1) is 0 Å². The number of hydrogen-bond acceptors (Lipinski definition) is 7. The lowest BCUT2D eigenvalue weighted by molar-refractivity contribution is -0.113. The minimum atomic E-state index is -0.290. The number of furan rings is 1. The number of carbonyl (C=O) groups excluding carboxylic acids is 2. The van der Waals surface area contributed by atoms with E-state index in [1.54, 1.807) is 22.9 Å². The number of fused-ring (bicyclic) bond motifs is 1. The number of ketones is 1. The van der Waals surface area contributed by atoms with Gasteiger partial charge in [-0.2, -0.15) is 4.68 Å². The number of tetrazole rings is 1. The summed E-state index contributed by atoms with van der Waals surface area (Å²) in [4.78, 5) is 24.4. The fraction of sp³-hybridized carbons (Fsp3) is 0.105. The van der Waals surface area contributed by atoms with Crippen molar-refractivity contribution in [3.05, 3.63) is 60.4 Å². The SMILES string of the molecule is CC(=O)c1oc2ccccc2c1NC(=O)CSc1nnnn1-c1ccccc1. The lowest BCUT2D eigenvalue weighted by Gasteiger charge is -2.06. The average Bonchev–Trinajstić information content (AvgIpc) is 3.32. The number of thioether (sulfide) groups is 1. The molecule has 28 heavy (non-hydrogen) atoms. The van der Waals surface area contributed by atoms with Crippen LogP contribution in [0.5, 0.6) is 0 Å². The number of carbonyl (C=O) groups is 2. The summed E-state index contributed by atoms with van der Waals surface area (Å²) in [6.07, 6.45) is 0. The summed E-state index contributed by atoms with van der Waals surface area (Å²) in [6.45, 7) is 1.40. The minimum Gasteiger partial charge on any atom is -0.451 e. The molecule has 0 radical (unpaired) electrons. The van der Waals surface area contributed by atoms with Crippen molar-refractivity contribution in [2.24, 2.45) is 0 Å². The molecule has 2 aromatic carbocycles. The van der Waals surface area contributed by atoms with Gasteiger partial charge in [-0.1, -0.05) is 42.1 Å². The van der Waals surface area contributed by atoms with Crippen molar-refractivity contribution in [2.75, 3.05) is 11.1 Å². The normalized spacial score (nSPS) is 10.9. The van der Waals surface area contributed by atoms with E-state index in [-0.39, 0.29) is 23.2 Å². The first kappa shape index (κ1) is 17.9. The predicted molar refractivity (Wildman–Crippen MR) is 105 cm³/mol. The van der Waals surface area contributed by atoms with Gasteiger partial charge in [-0.25, -0.2) is 0 Å². The molecule has 0 saturated carbocycles. The molecule has 4 rings (SSSR count). The summed E-state index contributed by atoms with van der Waals surface area (Å²) in [5, 5.41) is 15.6. The molecule has 140 valence electrons. The quantitative estimate of drug-likeness (QED) is 0.396. The number of amides is 1. The fourth-order valence-corrected chi connectivity index (χ4v) is 3.41. The van der Waals surface area contributed by atoms with Crippen LogP contribution in [-0.4, -0.2) is 37.7 Å². The van der Waals surface area contributed by atoms with Gasteiger partial charge in [0.1, 0.15) is 5.58 Å². The van der Waals surface area contributed by atoms with Crippen molar-refractivity contribution in [3.63, 3.8) is 0 Å². The monoisotopic (exact) mass is 393 g/mol. The number of anilines is 1. The second kappa shape index (κ2) is 7.65. The summed E-state index contributed by atoms with van der Waals surface area (Å²) in [5.41, 5.74) is 1.73. The number of aromatic nitrogens is 4. The molecule has 0 bridgehead atoms. The second-order valence-electron chi connectivity index (χ2n) is 5.90. The van der Waals surface area contributed by atoms with Crippen LogP contribution in [0.2, 0.25) is 0 Å². The number of benzene rings is 2. The van der Waals surface area contributed by atoms with Crippen LogP contribution >= 0.6 is 11.8 Å². The molecular formula is C19H15N5O3S. The third-order valence-electron chi connectivity index (χ3n) is 3.95. The Morgan fingerprint density at radius 1 is 1.11 bits per heavy atom. The smallest absolute Gasteiger partial charge is 0.234 e. The molecule has 0 atom stereocenters. The predicted octanol–water partition coefficient (Wildman–Crippen LogP) is 3.34. The zero-order chi connectivity index (χ0) is 19.5. The molecule has 0 saturated heterocycles. The van der Waals surface area contributed by atoms with Crippen LogP contribution in [0.4, 0.5) is 5.69 Å². The highest BCUT2D eigenvalue weighted by atomic mass is 32.2. The van der Waals surface area contributed by atoms with Crippen molar-refractivity contribution in [1.82, 2.24) is 20.2 Å². The lowest BCUT2D eigenvalue weighted by Crippen LogP contribution is -2.16. The van der Waals surface area contributed by atoms with Crippen LogP contribution in [0.3, 0.4) is 0 Å². The Kier molecular flexibility index (Phi) is 4.90. The first-order chi connectivity index (χ1) is 13.6. The maximum absolute atomic E-state index is 12.5. The number of hydrogen-bond donors (Lipinski definition) is 1. The van der Waals surface area contributed by atoms with E-state index in [0.29, 0.717) is 21.8 Å². The number of nitrogens with zero attached hydrogens (tertiary/aromatic N) is 4. The Hall–Kier alpha value is -3.46. The number of rotatable bonds is 6. The van der Waals surface area contributed by atoms with Crippen molar-refractivity contribution >= 4 is 40.1 Å². The maximum atomic E-state index is 12.5. The topological polar surface area (TPSA) is 103 Å². The van der Waals surface area contributed by atoms with Crippen molar-refractivity contribution in [3.8, 4) is 5.69 Å². The molecule has 0 aliphatic heterocycles. The van der Waals surface area contributed by atoms with E-state index in [0.717, 1.165) is 5.69 Å². The second-order valence-corrected chi connectivity index (χ2v) is 6.85. The Morgan fingerprint density at radius 3 is 2.64 bits per heavy atom. The van der Waals surface area contributed by atoms with Crippen molar-refractivity contribution in [1.29, 1.82) is 0 Å². The molecule has 1 N–H and O–H groups in total.